The Morgan fingerprint density at radius 1 is 1.25 bits per heavy atom. The monoisotopic (exact) mass is 343 g/mol. The molecule has 5 nitrogen and oxygen atoms in total. The van der Waals surface area contributed by atoms with Gasteiger partial charge in [0.1, 0.15) is 5.82 Å². The van der Waals surface area contributed by atoms with Crippen molar-refractivity contribution in [1.29, 1.82) is 0 Å². The molecule has 128 valence electrons. The van der Waals surface area contributed by atoms with Gasteiger partial charge in [-0.15, -0.1) is 11.3 Å². The van der Waals surface area contributed by atoms with Crippen molar-refractivity contribution in [2.24, 2.45) is 4.99 Å². The number of pyridine rings is 1. The highest BCUT2D eigenvalue weighted by Gasteiger charge is 2.20. The van der Waals surface area contributed by atoms with Crippen LogP contribution in [-0.4, -0.2) is 48.6 Å². The zero-order valence-corrected chi connectivity index (χ0v) is 15.2. The third-order valence-corrected chi connectivity index (χ3v) is 5.24. The van der Waals surface area contributed by atoms with Gasteiger partial charge in [-0.05, 0) is 43.0 Å². The van der Waals surface area contributed by atoms with Crippen LogP contribution in [0.2, 0.25) is 0 Å². The number of nitrogens with one attached hydrogen (secondary N) is 1. The fourth-order valence-corrected chi connectivity index (χ4v) is 3.66. The van der Waals surface area contributed by atoms with Gasteiger partial charge in [-0.25, -0.2) is 9.98 Å². The van der Waals surface area contributed by atoms with Crippen LogP contribution in [0.5, 0.6) is 0 Å². The van der Waals surface area contributed by atoms with Crippen molar-refractivity contribution in [2.45, 2.75) is 20.4 Å². The van der Waals surface area contributed by atoms with Crippen LogP contribution in [0.4, 0.5) is 5.82 Å². The number of guanidine groups is 1. The van der Waals surface area contributed by atoms with Crippen LogP contribution in [-0.2, 0) is 6.54 Å². The molecule has 0 bridgehead atoms. The van der Waals surface area contributed by atoms with E-state index < -0.39 is 0 Å². The first-order chi connectivity index (χ1) is 11.8. The lowest BCUT2D eigenvalue weighted by Crippen LogP contribution is -2.52. The second kappa shape index (κ2) is 8.15. The Morgan fingerprint density at radius 3 is 2.71 bits per heavy atom. The summed E-state index contributed by atoms with van der Waals surface area (Å²) in [4.78, 5) is 15.3. The molecule has 0 saturated carbocycles. The quantitative estimate of drug-likeness (QED) is 0.685. The second-order valence-corrected chi connectivity index (χ2v) is 6.86. The largest absolute Gasteiger partial charge is 0.357 e. The second-order valence-electron chi connectivity index (χ2n) is 5.86. The smallest absolute Gasteiger partial charge is 0.194 e. The molecule has 0 atom stereocenters. The van der Waals surface area contributed by atoms with E-state index in [0.29, 0.717) is 0 Å². The normalized spacial score (nSPS) is 15.7. The number of anilines is 1. The van der Waals surface area contributed by atoms with Crippen molar-refractivity contribution in [3.63, 3.8) is 0 Å². The van der Waals surface area contributed by atoms with Crippen molar-refractivity contribution >= 4 is 23.1 Å². The Bertz CT molecular complexity index is 659. The van der Waals surface area contributed by atoms with Crippen LogP contribution < -0.4 is 10.2 Å². The molecule has 1 aliphatic rings. The Labute approximate surface area is 148 Å². The molecule has 0 radical (unpaired) electrons. The van der Waals surface area contributed by atoms with E-state index in [1.807, 2.05) is 18.3 Å². The molecular formula is C18H25N5S. The topological polar surface area (TPSA) is 43.8 Å². The van der Waals surface area contributed by atoms with Gasteiger partial charge in [0.2, 0.25) is 0 Å². The van der Waals surface area contributed by atoms with Gasteiger partial charge in [0, 0.05) is 43.8 Å². The number of aliphatic imine (C=N–C) groups is 1. The molecule has 1 fully saturated rings. The van der Waals surface area contributed by atoms with Gasteiger partial charge in [0.25, 0.3) is 0 Å². The lowest BCUT2D eigenvalue weighted by Gasteiger charge is -2.37. The van der Waals surface area contributed by atoms with E-state index in [9.17, 15) is 0 Å². The van der Waals surface area contributed by atoms with Crippen LogP contribution in [0.25, 0.3) is 0 Å². The van der Waals surface area contributed by atoms with Gasteiger partial charge in [0.05, 0.1) is 6.54 Å². The number of rotatable bonds is 4. The Morgan fingerprint density at radius 2 is 2.08 bits per heavy atom. The van der Waals surface area contributed by atoms with E-state index in [4.69, 9.17) is 4.99 Å². The number of hydrogen-bond donors (Lipinski definition) is 1. The summed E-state index contributed by atoms with van der Waals surface area (Å²) in [5.41, 5.74) is 1.33. The first-order valence-electron chi connectivity index (χ1n) is 8.50. The van der Waals surface area contributed by atoms with Gasteiger partial charge in [-0.1, -0.05) is 6.07 Å². The highest BCUT2D eigenvalue weighted by molar-refractivity contribution is 7.10. The summed E-state index contributed by atoms with van der Waals surface area (Å²) in [6.07, 6.45) is 1.86. The van der Waals surface area contributed by atoms with Crippen molar-refractivity contribution in [3.8, 4) is 0 Å². The summed E-state index contributed by atoms with van der Waals surface area (Å²) < 4.78 is 0. The summed E-state index contributed by atoms with van der Waals surface area (Å²) in [6.45, 7) is 9.79. The van der Waals surface area contributed by atoms with Gasteiger partial charge < -0.3 is 15.1 Å². The molecule has 24 heavy (non-hydrogen) atoms. The number of nitrogens with zero attached hydrogens (tertiary/aromatic N) is 4. The molecule has 1 saturated heterocycles. The Kier molecular flexibility index (Phi) is 5.69. The minimum atomic E-state index is 0.756. The lowest BCUT2D eigenvalue weighted by molar-refractivity contribution is 0.371. The average Bonchev–Trinajstić information content (AvgIpc) is 3.04. The number of hydrogen-bond acceptors (Lipinski definition) is 4. The van der Waals surface area contributed by atoms with E-state index in [0.717, 1.165) is 51.0 Å². The van der Waals surface area contributed by atoms with Gasteiger partial charge >= 0.3 is 0 Å². The van der Waals surface area contributed by atoms with Crippen LogP contribution >= 0.6 is 11.3 Å². The van der Waals surface area contributed by atoms with E-state index in [1.54, 1.807) is 11.3 Å². The molecule has 0 amide bonds. The van der Waals surface area contributed by atoms with E-state index in [2.05, 4.69) is 51.5 Å². The predicted octanol–water partition coefficient (Wildman–Crippen LogP) is 2.74. The Balaban J connectivity index is 1.62. The molecule has 1 aliphatic heterocycles. The summed E-state index contributed by atoms with van der Waals surface area (Å²) in [7, 11) is 0. The van der Waals surface area contributed by atoms with Crippen LogP contribution in [0.1, 0.15) is 17.4 Å². The molecule has 0 unspecified atom stereocenters. The fourth-order valence-electron chi connectivity index (χ4n) is 2.83. The molecular weight excluding hydrogens is 318 g/mol. The van der Waals surface area contributed by atoms with Crippen LogP contribution in [0.3, 0.4) is 0 Å². The number of aromatic nitrogens is 1. The highest BCUT2D eigenvalue weighted by atomic mass is 32.1. The molecule has 2 aromatic heterocycles. The molecule has 0 aromatic carbocycles. The fraction of sp³-hybridized carbons (Fsp3) is 0.444. The van der Waals surface area contributed by atoms with Crippen molar-refractivity contribution in [1.82, 2.24) is 15.2 Å². The maximum atomic E-state index is 4.85. The van der Waals surface area contributed by atoms with Gasteiger partial charge in [-0.2, -0.15) is 0 Å². The predicted molar refractivity (Wildman–Crippen MR) is 102 cm³/mol. The molecule has 1 N–H and O–H groups in total. The minimum absolute atomic E-state index is 0.756. The van der Waals surface area contributed by atoms with E-state index in [1.165, 1.54) is 10.4 Å². The summed E-state index contributed by atoms with van der Waals surface area (Å²) in [6, 6.07) is 8.24. The van der Waals surface area contributed by atoms with Gasteiger partial charge in [0.15, 0.2) is 5.96 Å². The molecule has 6 heteroatoms. The molecule has 0 spiro atoms. The zero-order valence-electron chi connectivity index (χ0n) is 14.4. The lowest BCUT2D eigenvalue weighted by atomic mass is 10.3. The first-order valence-corrected chi connectivity index (χ1v) is 9.38. The minimum Gasteiger partial charge on any atom is -0.357 e. The summed E-state index contributed by atoms with van der Waals surface area (Å²) in [5.74, 6) is 2.08. The van der Waals surface area contributed by atoms with Crippen molar-refractivity contribution < 1.29 is 0 Å². The molecule has 0 aliphatic carbocycles. The Hall–Kier alpha value is -2.08. The average molecular weight is 344 g/mol. The summed E-state index contributed by atoms with van der Waals surface area (Å²) >= 11 is 1.78. The standard InChI is InChI=1S/C18H25N5S/c1-3-19-18(21-14-16-15(2)7-13-24-16)23-11-9-22(10-12-23)17-6-4-5-8-20-17/h4-8,13H,3,9-12,14H2,1-2H3,(H,19,21). The molecule has 2 aromatic rings. The van der Waals surface area contributed by atoms with E-state index in [-0.39, 0.29) is 0 Å². The molecule has 3 heterocycles. The number of piperazine rings is 1. The van der Waals surface area contributed by atoms with Gasteiger partial charge in [-0.3, -0.25) is 0 Å². The highest BCUT2D eigenvalue weighted by Crippen LogP contribution is 2.17. The maximum Gasteiger partial charge on any atom is 0.194 e. The van der Waals surface area contributed by atoms with Crippen LogP contribution in [0.15, 0.2) is 40.8 Å². The SMILES string of the molecule is CCNC(=NCc1sccc1C)N1CCN(c2ccccn2)CC1. The number of thiophene rings is 1. The number of aryl methyl sites for hydroxylation is 1. The molecule has 3 rings (SSSR count). The van der Waals surface area contributed by atoms with Crippen LogP contribution in [0, 0.1) is 6.92 Å². The maximum absolute atomic E-state index is 4.85. The van der Waals surface area contributed by atoms with Crippen molar-refractivity contribution in [3.05, 3.63) is 46.3 Å². The zero-order chi connectivity index (χ0) is 16.8. The third-order valence-electron chi connectivity index (χ3n) is 4.23. The third kappa shape index (κ3) is 4.06. The summed E-state index contributed by atoms with van der Waals surface area (Å²) in [5, 5.41) is 5.57. The van der Waals surface area contributed by atoms with E-state index >= 15 is 0 Å². The van der Waals surface area contributed by atoms with Crippen molar-refractivity contribution in [2.75, 3.05) is 37.6 Å². The first kappa shape index (κ1) is 16.8.